The highest BCUT2D eigenvalue weighted by atomic mass is 127. The summed E-state index contributed by atoms with van der Waals surface area (Å²) in [6, 6.07) is 0. The predicted molar refractivity (Wildman–Crippen MR) is 73.4 cm³/mol. The van der Waals surface area contributed by atoms with E-state index in [9.17, 15) is 9.59 Å². The third-order valence-electron chi connectivity index (χ3n) is 2.86. The first-order valence-corrected chi connectivity index (χ1v) is 6.41. The van der Waals surface area contributed by atoms with Gasteiger partial charge in [-0.25, -0.2) is 0 Å². The van der Waals surface area contributed by atoms with Gasteiger partial charge in [-0.15, -0.1) is 0 Å². The number of rotatable bonds is 1. The first kappa shape index (κ1) is 13.6. The molecule has 1 unspecified atom stereocenters. The largest absolute Gasteiger partial charge is 0.294 e. The van der Waals surface area contributed by atoms with E-state index in [0.717, 1.165) is 5.57 Å². The average molecular weight is 332 g/mol. The monoisotopic (exact) mass is 332 g/mol. The molecule has 0 saturated heterocycles. The smallest absolute Gasteiger partial charge is 0.176 e. The maximum absolute atomic E-state index is 12.0. The lowest BCUT2D eigenvalue weighted by Gasteiger charge is -2.31. The molecule has 0 saturated carbocycles. The van der Waals surface area contributed by atoms with Gasteiger partial charge < -0.3 is 0 Å². The van der Waals surface area contributed by atoms with Gasteiger partial charge in [0.05, 0.1) is 3.58 Å². The van der Waals surface area contributed by atoms with Crippen LogP contribution in [0.1, 0.15) is 34.6 Å². The van der Waals surface area contributed by atoms with Gasteiger partial charge in [0, 0.05) is 11.5 Å². The molecule has 1 rings (SSSR count). The highest BCUT2D eigenvalue weighted by Gasteiger charge is 2.33. The molecular formula is C13H17IO2. The van der Waals surface area contributed by atoms with Gasteiger partial charge in [0.15, 0.2) is 11.6 Å². The molecule has 0 aromatic rings. The fraction of sp³-hybridized carbons (Fsp3) is 0.538. The summed E-state index contributed by atoms with van der Waals surface area (Å²) in [6.45, 7) is 9.62. The van der Waals surface area contributed by atoms with Crippen LogP contribution >= 0.6 is 22.6 Å². The Morgan fingerprint density at radius 1 is 1.38 bits per heavy atom. The second-order valence-electron chi connectivity index (χ2n) is 5.22. The maximum atomic E-state index is 12.0. The lowest BCUT2D eigenvalue weighted by Crippen LogP contribution is -2.27. The van der Waals surface area contributed by atoms with Gasteiger partial charge in [-0.3, -0.25) is 9.59 Å². The third kappa shape index (κ3) is 2.44. The summed E-state index contributed by atoms with van der Waals surface area (Å²) in [6.07, 6.45) is 1.90. The van der Waals surface area contributed by atoms with Crippen molar-refractivity contribution in [3.63, 3.8) is 0 Å². The van der Waals surface area contributed by atoms with Crippen molar-refractivity contribution in [1.29, 1.82) is 0 Å². The molecule has 0 heterocycles. The van der Waals surface area contributed by atoms with Crippen molar-refractivity contribution in [2.75, 3.05) is 0 Å². The van der Waals surface area contributed by atoms with Crippen molar-refractivity contribution >= 4 is 34.2 Å². The molecule has 0 N–H and O–H groups in total. The van der Waals surface area contributed by atoms with Gasteiger partial charge >= 0.3 is 0 Å². The molecule has 1 aliphatic carbocycles. The number of allylic oxidation sites excluding steroid dienone is 4. The van der Waals surface area contributed by atoms with Gasteiger partial charge in [-0.05, 0) is 41.0 Å². The van der Waals surface area contributed by atoms with E-state index in [2.05, 4.69) is 20.8 Å². The number of ketones is 2. The molecule has 2 nitrogen and oxygen atoms in total. The van der Waals surface area contributed by atoms with E-state index >= 15 is 0 Å². The number of carbonyl (C=O) groups is 2. The van der Waals surface area contributed by atoms with Crippen LogP contribution in [0.15, 0.2) is 20.8 Å². The second kappa shape index (κ2) is 4.43. The van der Waals surface area contributed by atoms with Gasteiger partial charge in [0.1, 0.15) is 0 Å². The average Bonchev–Trinajstić information content (AvgIpc) is 2.11. The zero-order valence-corrected chi connectivity index (χ0v) is 12.5. The fourth-order valence-corrected chi connectivity index (χ4v) is 2.93. The van der Waals surface area contributed by atoms with Gasteiger partial charge in [0.2, 0.25) is 0 Å². The van der Waals surface area contributed by atoms with Crippen molar-refractivity contribution in [3.8, 4) is 0 Å². The molecule has 0 aromatic carbocycles. The van der Waals surface area contributed by atoms with Crippen LogP contribution in [0.5, 0.6) is 0 Å². The molecule has 16 heavy (non-hydrogen) atoms. The van der Waals surface area contributed by atoms with E-state index in [0.29, 0.717) is 9.15 Å². The third-order valence-corrected chi connectivity index (χ3v) is 3.97. The molecule has 3 heteroatoms. The molecule has 0 bridgehead atoms. The Bertz CT molecular complexity index is 408. The van der Waals surface area contributed by atoms with Crippen LogP contribution < -0.4 is 0 Å². The van der Waals surface area contributed by atoms with Gasteiger partial charge in [-0.1, -0.05) is 33.3 Å². The van der Waals surface area contributed by atoms with Crippen LogP contribution in [0.2, 0.25) is 0 Å². The summed E-state index contributed by atoms with van der Waals surface area (Å²) in [4.78, 5) is 23.5. The van der Waals surface area contributed by atoms with Crippen LogP contribution in [0.4, 0.5) is 0 Å². The summed E-state index contributed by atoms with van der Waals surface area (Å²) in [7, 11) is 0. The minimum atomic E-state index is -0.116. The van der Waals surface area contributed by atoms with Crippen molar-refractivity contribution in [2.24, 2.45) is 11.3 Å². The number of hydrogen-bond donors (Lipinski definition) is 0. The Balaban J connectivity index is 3.37. The van der Waals surface area contributed by atoms with E-state index < -0.39 is 0 Å². The number of Topliss-reactive ketones (excluding diaryl/α,β-unsaturated/α-hetero) is 2. The van der Waals surface area contributed by atoms with E-state index in [-0.39, 0.29) is 22.9 Å². The lowest BCUT2D eigenvalue weighted by atomic mass is 9.74. The molecule has 0 radical (unpaired) electrons. The number of carbonyl (C=O) groups excluding carboxylic acids is 2. The SMILES string of the molecule is CC(=O)C1=C(I)C(=O)C(C)C(C(C)(C)C)=C1. The van der Waals surface area contributed by atoms with Crippen molar-refractivity contribution in [3.05, 3.63) is 20.8 Å². The summed E-state index contributed by atoms with van der Waals surface area (Å²) < 4.78 is 0.575. The Kier molecular flexibility index (Phi) is 3.77. The molecule has 88 valence electrons. The minimum Gasteiger partial charge on any atom is -0.294 e. The normalized spacial score (nSPS) is 22.2. The molecule has 0 amide bonds. The molecule has 0 aromatic heterocycles. The highest BCUT2D eigenvalue weighted by molar-refractivity contribution is 14.1. The highest BCUT2D eigenvalue weighted by Crippen LogP contribution is 2.39. The quantitative estimate of drug-likeness (QED) is 0.689. The van der Waals surface area contributed by atoms with E-state index in [4.69, 9.17) is 0 Å². The first-order chi connectivity index (χ1) is 7.16. The summed E-state index contributed by atoms with van der Waals surface area (Å²) >= 11 is 1.98. The van der Waals surface area contributed by atoms with Crippen LogP contribution in [0.25, 0.3) is 0 Å². The van der Waals surface area contributed by atoms with Crippen molar-refractivity contribution in [2.45, 2.75) is 34.6 Å². The fourth-order valence-electron chi connectivity index (χ4n) is 1.93. The van der Waals surface area contributed by atoms with E-state index in [1.165, 1.54) is 6.92 Å². The summed E-state index contributed by atoms with van der Waals surface area (Å²) in [5.41, 5.74) is 1.53. The lowest BCUT2D eigenvalue weighted by molar-refractivity contribution is -0.118. The van der Waals surface area contributed by atoms with Crippen LogP contribution in [-0.2, 0) is 9.59 Å². The standard InChI is InChI=1S/C13H17IO2/c1-7-10(13(3,4)5)6-9(8(2)15)11(14)12(7)16/h6-7H,1-5H3. The topological polar surface area (TPSA) is 34.1 Å². The van der Waals surface area contributed by atoms with Gasteiger partial charge in [0.25, 0.3) is 0 Å². The number of halogens is 1. The summed E-state index contributed by atoms with van der Waals surface area (Å²) in [5.74, 6) is -0.0837. The Hall–Kier alpha value is -0.450. The molecule has 0 aliphatic heterocycles. The molecular weight excluding hydrogens is 315 g/mol. The van der Waals surface area contributed by atoms with E-state index in [1.807, 2.05) is 35.6 Å². The molecule has 1 aliphatic rings. The van der Waals surface area contributed by atoms with Gasteiger partial charge in [-0.2, -0.15) is 0 Å². The molecule has 0 spiro atoms. The van der Waals surface area contributed by atoms with Crippen LogP contribution in [0, 0.1) is 11.3 Å². The van der Waals surface area contributed by atoms with Crippen LogP contribution in [-0.4, -0.2) is 11.6 Å². The summed E-state index contributed by atoms with van der Waals surface area (Å²) in [5, 5.41) is 0. The zero-order valence-electron chi connectivity index (χ0n) is 10.3. The minimum absolute atomic E-state index is 0.0357. The molecule has 0 fully saturated rings. The first-order valence-electron chi connectivity index (χ1n) is 5.33. The van der Waals surface area contributed by atoms with E-state index in [1.54, 1.807) is 0 Å². The van der Waals surface area contributed by atoms with Crippen molar-refractivity contribution < 1.29 is 9.59 Å². The zero-order chi connectivity index (χ0) is 12.7. The molecule has 1 atom stereocenters. The van der Waals surface area contributed by atoms with Crippen molar-refractivity contribution in [1.82, 2.24) is 0 Å². The Morgan fingerprint density at radius 2 is 1.88 bits per heavy atom. The maximum Gasteiger partial charge on any atom is 0.176 e. The van der Waals surface area contributed by atoms with Crippen LogP contribution in [0.3, 0.4) is 0 Å². The Morgan fingerprint density at radius 3 is 2.25 bits per heavy atom. The Labute approximate surface area is 110 Å². The predicted octanol–water partition coefficient (Wildman–Crippen LogP) is 3.46. The second-order valence-corrected chi connectivity index (χ2v) is 6.30. The number of hydrogen-bond acceptors (Lipinski definition) is 2.